The van der Waals surface area contributed by atoms with Gasteiger partial charge in [-0.3, -0.25) is 4.68 Å². The van der Waals surface area contributed by atoms with Gasteiger partial charge in [-0.1, -0.05) is 0 Å². The number of ether oxygens (including phenoxy) is 1. The molecular formula is C9H17N3O. The van der Waals surface area contributed by atoms with Crippen LogP contribution < -0.4 is 5.73 Å². The van der Waals surface area contributed by atoms with Crippen molar-refractivity contribution in [3.8, 4) is 0 Å². The largest absolute Gasteiger partial charge is 0.377 e. The molecular weight excluding hydrogens is 166 g/mol. The van der Waals surface area contributed by atoms with Crippen LogP contribution in [0.5, 0.6) is 0 Å². The summed E-state index contributed by atoms with van der Waals surface area (Å²) in [7, 11) is 0. The van der Waals surface area contributed by atoms with Crippen molar-refractivity contribution < 1.29 is 4.74 Å². The summed E-state index contributed by atoms with van der Waals surface area (Å²) >= 11 is 0. The highest BCUT2D eigenvalue weighted by molar-refractivity contribution is 4.97. The van der Waals surface area contributed by atoms with Gasteiger partial charge in [0.2, 0.25) is 0 Å². The molecule has 0 unspecified atom stereocenters. The zero-order valence-electron chi connectivity index (χ0n) is 8.23. The number of nitrogens with zero attached hydrogens (tertiary/aromatic N) is 2. The topological polar surface area (TPSA) is 53.1 Å². The van der Waals surface area contributed by atoms with Gasteiger partial charge in [0, 0.05) is 12.7 Å². The molecule has 0 radical (unpaired) electrons. The highest BCUT2D eigenvalue weighted by Gasteiger charge is 1.97. The average Bonchev–Trinajstić information content (AvgIpc) is 2.52. The van der Waals surface area contributed by atoms with E-state index in [-0.39, 0.29) is 6.10 Å². The first-order valence-electron chi connectivity index (χ1n) is 4.56. The lowest BCUT2D eigenvalue weighted by molar-refractivity contribution is 0.0709. The van der Waals surface area contributed by atoms with E-state index in [0.717, 1.165) is 12.2 Å². The Morgan fingerprint density at radius 2 is 2.38 bits per heavy atom. The SMILES string of the molecule is CC(C)OCCn1ccc(CN)n1. The normalized spacial score (nSPS) is 11.1. The number of hydrogen-bond acceptors (Lipinski definition) is 3. The Labute approximate surface area is 78.7 Å². The van der Waals surface area contributed by atoms with Crippen LogP contribution in [-0.2, 0) is 17.8 Å². The lowest BCUT2D eigenvalue weighted by atomic mass is 10.4. The van der Waals surface area contributed by atoms with Crippen molar-refractivity contribution in [2.45, 2.75) is 33.0 Å². The number of nitrogens with two attached hydrogens (primary N) is 1. The van der Waals surface area contributed by atoms with Crippen molar-refractivity contribution in [1.29, 1.82) is 0 Å². The van der Waals surface area contributed by atoms with Gasteiger partial charge >= 0.3 is 0 Å². The maximum Gasteiger partial charge on any atom is 0.0760 e. The number of aromatic nitrogens is 2. The van der Waals surface area contributed by atoms with Crippen molar-refractivity contribution >= 4 is 0 Å². The maximum atomic E-state index is 5.43. The minimum Gasteiger partial charge on any atom is -0.377 e. The molecule has 0 aromatic carbocycles. The Morgan fingerprint density at radius 1 is 1.62 bits per heavy atom. The van der Waals surface area contributed by atoms with Crippen molar-refractivity contribution in [3.63, 3.8) is 0 Å². The van der Waals surface area contributed by atoms with Gasteiger partial charge in [-0.25, -0.2) is 0 Å². The second-order valence-corrected chi connectivity index (χ2v) is 3.19. The van der Waals surface area contributed by atoms with E-state index in [1.165, 1.54) is 0 Å². The van der Waals surface area contributed by atoms with Crippen molar-refractivity contribution in [1.82, 2.24) is 9.78 Å². The van der Waals surface area contributed by atoms with Crippen LogP contribution in [0.3, 0.4) is 0 Å². The molecule has 4 nitrogen and oxygen atoms in total. The second-order valence-electron chi connectivity index (χ2n) is 3.19. The van der Waals surface area contributed by atoms with Crippen molar-refractivity contribution in [2.75, 3.05) is 6.61 Å². The molecule has 4 heteroatoms. The highest BCUT2D eigenvalue weighted by Crippen LogP contribution is 1.95. The predicted molar refractivity (Wildman–Crippen MR) is 51.2 cm³/mol. The molecule has 1 aromatic rings. The molecule has 0 aliphatic heterocycles. The summed E-state index contributed by atoms with van der Waals surface area (Å²) in [6.07, 6.45) is 2.20. The van der Waals surface area contributed by atoms with Crippen LogP contribution in [-0.4, -0.2) is 22.5 Å². The monoisotopic (exact) mass is 183 g/mol. The summed E-state index contributed by atoms with van der Waals surface area (Å²) in [4.78, 5) is 0. The summed E-state index contributed by atoms with van der Waals surface area (Å²) in [6, 6.07) is 1.93. The van der Waals surface area contributed by atoms with E-state index in [9.17, 15) is 0 Å². The molecule has 1 aromatic heterocycles. The number of hydrogen-bond donors (Lipinski definition) is 1. The Hall–Kier alpha value is -0.870. The van der Waals surface area contributed by atoms with Gasteiger partial charge in [0.1, 0.15) is 0 Å². The van der Waals surface area contributed by atoms with E-state index in [1.807, 2.05) is 30.8 Å². The van der Waals surface area contributed by atoms with E-state index in [2.05, 4.69) is 5.10 Å². The minimum absolute atomic E-state index is 0.282. The summed E-state index contributed by atoms with van der Waals surface area (Å²) in [5, 5.41) is 4.24. The van der Waals surface area contributed by atoms with Crippen LogP contribution in [0.25, 0.3) is 0 Å². The van der Waals surface area contributed by atoms with Crippen LogP contribution in [0.4, 0.5) is 0 Å². The average molecular weight is 183 g/mol. The molecule has 0 aliphatic rings. The third kappa shape index (κ3) is 3.57. The third-order valence-corrected chi connectivity index (χ3v) is 1.68. The molecule has 0 fully saturated rings. The first-order valence-corrected chi connectivity index (χ1v) is 4.56. The van der Waals surface area contributed by atoms with E-state index in [0.29, 0.717) is 13.2 Å². The Balaban J connectivity index is 2.28. The van der Waals surface area contributed by atoms with Crippen LogP contribution >= 0.6 is 0 Å². The van der Waals surface area contributed by atoms with E-state index >= 15 is 0 Å². The molecule has 0 spiro atoms. The summed E-state index contributed by atoms with van der Waals surface area (Å²) < 4.78 is 7.25. The van der Waals surface area contributed by atoms with Crippen molar-refractivity contribution in [2.24, 2.45) is 5.73 Å². The number of rotatable bonds is 5. The van der Waals surface area contributed by atoms with Gasteiger partial charge < -0.3 is 10.5 Å². The lowest BCUT2D eigenvalue weighted by Crippen LogP contribution is -2.11. The first kappa shape index (κ1) is 10.2. The molecule has 13 heavy (non-hydrogen) atoms. The summed E-state index contributed by atoms with van der Waals surface area (Å²) in [5.74, 6) is 0. The minimum atomic E-state index is 0.282. The molecule has 0 amide bonds. The fourth-order valence-electron chi connectivity index (χ4n) is 1.02. The quantitative estimate of drug-likeness (QED) is 0.733. The molecule has 0 aliphatic carbocycles. The Morgan fingerprint density at radius 3 is 2.92 bits per heavy atom. The van der Waals surface area contributed by atoms with E-state index < -0.39 is 0 Å². The molecule has 2 N–H and O–H groups in total. The highest BCUT2D eigenvalue weighted by atomic mass is 16.5. The van der Waals surface area contributed by atoms with Gasteiger partial charge in [0.05, 0.1) is 24.9 Å². The van der Waals surface area contributed by atoms with Crippen LogP contribution in [0, 0.1) is 0 Å². The molecule has 0 saturated heterocycles. The van der Waals surface area contributed by atoms with Gasteiger partial charge in [-0.15, -0.1) is 0 Å². The molecule has 1 heterocycles. The van der Waals surface area contributed by atoms with E-state index in [1.54, 1.807) is 0 Å². The van der Waals surface area contributed by atoms with Gasteiger partial charge in [0.15, 0.2) is 0 Å². The van der Waals surface area contributed by atoms with E-state index in [4.69, 9.17) is 10.5 Å². The second kappa shape index (κ2) is 4.99. The van der Waals surface area contributed by atoms with Crippen molar-refractivity contribution in [3.05, 3.63) is 18.0 Å². The molecule has 0 bridgehead atoms. The maximum absolute atomic E-state index is 5.43. The molecule has 74 valence electrons. The Kier molecular flexibility index (Phi) is 3.92. The fraction of sp³-hybridized carbons (Fsp3) is 0.667. The lowest BCUT2D eigenvalue weighted by Gasteiger charge is -2.06. The molecule has 0 saturated carbocycles. The first-order chi connectivity index (χ1) is 6.22. The third-order valence-electron chi connectivity index (χ3n) is 1.68. The van der Waals surface area contributed by atoms with Gasteiger partial charge in [0.25, 0.3) is 0 Å². The van der Waals surface area contributed by atoms with Crippen LogP contribution in [0.1, 0.15) is 19.5 Å². The fourth-order valence-corrected chi connectivity index (χ4v) is 1.02. The summed E-state index contributed by atoms with van der Waals surface area (Å²) in [5.41, 5.74) is 6.35. The molecule has 0 atom stereocenters. The standard InChI is InChI=1S/C9H17N3O/c1-8(2)13-6-5-12-4-3-9(7-10)11-12/h3-4,8H,5-7,10H2,1-2H3. The zero-order valence-corrected chi connectivity index (χ0v) is 8.23. The van der Waals surface area contributed by atoms with Crippen LogP contribution in [0.2, 0.25) is 0 Å². The van der Waals surface area contributed by atoms with Crippen LogP contribution in [0.15, 0.2) is 12.3 Å². The summed E-state index contributed by atoms with van der Waals surface area (Å²) in [6.45, 7) is 6.03. The van der Waals surface area contributed by atoms with Gasteiger partial charge in [-0.2, -0.15) is 5.10 Å². The zero-order chi connectivity index (χ0) is 9.68. The van der Waals surface area contributed by atoms with Gasteiger partial charge in [-0.05, 0) is 19.9 Å². The molecule has 1 rings (SSSR count). The Bertz CT molecular complexity index is 245. The predicted octanol–water partition coefficient (Wildman–Crippen LogP) is 0.767. The smallest absolute Gasteiger partial charge is 0.0760 e.